The molecule has 1 heteroatoms. The molecule has 0 N–H and O–H groups in total. The molecule has 0 aromatic rings. The third-order valence-corrected chi connectivity index (χ3v) is 3.93. The van der Waals surface area contributed by atoms with Gasteiger partial charge in [0, 0.05) is 28.2 Å². The van der Waals surface area contributed by atoms with Crippen LogP contribution in [0.5, 0.6) is 0 Å². The minimum absolute atomic E-state index is 0.532. The maximum atomic E-state index is 3.23. The molecule has 0 saturated heterocycles. The highest BCUT2D eigenvalue weighted by atomic mass is 127. The van der Waals surface area contributed by atoms with Crippen molar-refractivity contribution in [2.75, 3.05) is 0 Å². The maximum Gasteiger partial charge on any atom is 0.0185 e. The molecule has 0 aliphatic heterocycles. The first-order valence-electron chi connectivity index (χ1n) is 4.48. The zero-order chi connectivity index (χ0) is 8.77. The predicted molar refractivity (Wildman–Crippen MR) is 59.9 cm³/mol. The lowest BCUT2D eigenvalue weighted by molar-refractivity contribution is -0.00246. The standard InChI is InChI=1S/C11H13I/c1-11(2)9-4-3-8(5-6-12)10(11)7-9/h3,9-10H,4,7H2,1-2H3/t9-,10-/m0/s1. The van der Waals surface area contributed by atoms with Crippen LogP contribution in [0.2, 0.25) is 0 Å². The Kier molecular flexibility index (Phi) is 1.99. The third-order valence-electron chi connectivity index (χ3n) is 3.66. The monoisotopic (exact) mass is 272 g/mol. The Morgan fingerprint density at radius 2 is 2.33 bits per heavy atom. The van der Waals surface area contributed by atoms with Gasteiger partial charge < -0.3 is 0 Å². The topological polar surface area (TPSA) is 0 Å². The first-order valence-corrected chi connectivity index (χ1v) is 5.56. The molecule has 0 nitrogen and oxygen atoms in total. The van der Waals surface area contributed by atoms with Crippen molar-refractivity contribution in [1.82, 2.24) is 0 Å². The molecule has 0 aromatic heterocycles. The van der Waals surface area contributed by atoms with E-state index in [0.717, 1.165) is 11.8 Å². The van der Waals surface area contributed by atoms with Crippen molar-refractivity contribution in [1.29, 1.82) is 0 Å². The van der Waals surface area contributed by atoms with E-state index in [1.807, 2.05) is 0 Å². The molecule has 0 unspecified atom stereocenters. The Labute approximate surface area is 87.9 Å². The van der Waals surface area contributed by atoms with Crippen LogP contribution >= 0.6 is 22.6 Å². The van der Waals surface area contributed by atoms with E-state index in [9.17, 15) is 0 Å². The number of allylic oxidation sites excluding steroid dienone is 2. The van der Waals surface area contributed by atoms with Crippen LogP contribution < -0.4 is 0 Å². The van der Waals surface area contributed by atoms with Crippen molar-refractivity contribution in [2.24, 2.45) is 17.3 Å². The summed E-state index contributed by atoms with van der Waals surface area (Å²) in [4.78, 5) is 0. The normalized spacial score (nSPS) is 35.8. The van der Waals surface area contributed by atoms with Gasteiger partial charge in [-0.1, -0.05) is 25.8 Å². The Morgan fingerprint density at radius 3 is 2.83 bits per heavy atom. The second-order valence-corrected chi connectivity index (χ2v) is 4.96. The summed E-state index contributed by atoms with van der Waals surface area (Å²) in [5, 5.41) is 0. The molecule has 1 fully saturated rings. The first kappa shape index (κ1) is 8.62. The van der Waals surface area contributed by atoms with Gasteiger partial charge in [-0.25, -0.2) is 0 Å². The fourth-order valence-corrected chi connectivity index (χ4v) is 2.86. The van der Waals surface area contributed by atoms with Crippen LogP contribution in [0.3, 0.4) is 0 Å². The lowest BCUT2D eigenvalue weighted by atomic mass is 9.49. The van der Waals surface area contributed by atoms with Gasteiger partial charge in [-0.15, -0.1) is 0 Å². The Bertz CT molecular complexity index is 288. The summed E-state index contributed by atoms with van der Waals surface area (Å²) in [6, 6.07) is 0. The van der Waals surface area contributed by atoms with Crippen molar-refractivity contribution in [3.63, 3.8) is 0 Å². The van der Waals surface area contributed by atoms with E-state index in [1.165, 1.54) is 18.4 Å². The van der Waals surface area contributed by atoms with E-state index in [-0.39, 0.29) is 0 Å². The molecular formula is C11H13I. The Morgan fingerprint density at radius 1 is 1.58 bits per heavy atom. The average molecular weight is 272 g/mol. The highest BCUT2D eigenvalue weighted by molar-refractivity contribution is 14.1. The van der Waals surface area contributed by atoms with E-state index in [2.05, 4.69) is 52.4 Å². The van der Waals surface area contributed by atoms with Gasteiger partial charge in [0.25, 0.3) is 0 Å². The number of halogens is 1. The van der Waals surface area contributed by atoms with Gasteiger partial charge in [-0.2, -0.15) is 0 Å². The van der Waals surface area contributed by atoms with Crippen LogP contribution in [-0.2, 0) is 0 Å². The summed E-state index contributed by atoms with van der Waals surface area (Å²) in [6.07, 6.45) is 4.98. The molecule has 64 valence electrons. The van der Waals surface area contributed by atoms with Gasteiger partial charge >= 0.3 is 0 Å². The first-order chi connectivity index (χ1) is 5.66. The van der Waals surface area contributed by atoms with Crippen LogP contribution in [0, 0.1) is 27.1 Å². The van der Waals surface area contributed by atoms with Crippen molar-refractivity contribution in [3.8, 4) is 9.85 Å². The van der Waals surface area contributed by atoms with E-state index >= 15 is 0 Å². The van der Waals surface area contributed by atoms with E-state index in [0.29, 0.717) is 5.41 Å². The molecule has 0 aromatic carbocycles. The summed E-state index contributed by atoms with van der Waals surface area (Å²) in [5.74, 6) is 4.92. The summed E-state index contributed by atoms with van der Waals surface area (Å²) >= 11 is 2.13. The van der Waals surface area contributed by atoms with Gasteiger partial charge in [-0.05, 0) is 34.0 Å². The second kappa shape index (κ2) is 2.77. The zero-order valence-electron chi connectivity index (χ0n) is 7.52. The van der Waals surface area contributed by atoms with Gasteiger partial charge in [-0.3, -0.25) is 0 Å². The fraction of sp³-hybridized carbons (Fsp3) is 0.636. The van der Waals surface area contributed by atoms with Gasteiger partial charge in [0.2, 0.25) is 0 Å². The predicted octanol–water partition coefficient (Wildman–Crippen LogP) is 3.37. The van der Waals surface area contributed by atoms with Gasteiger partial charge in [0.15, 0.2) is 0 Å². The molecule has 12 heavy (non-hydrogen) atoms. The molecule has 3 rings (SSSR count). The number of rotatable bonds is 0. The van der Waals surface area contributed by atoms with Crippen molar-refractivity contribution in [2.45, 2.75) is 26.7 Å². The highest BCUT2D eigenvalue weighted by Crippen LogP contribution is 2.58. The van der Waals surface area contributed by atoms with Crippen LogP contribution in [0.15, 0.2) is 11.6 Å². The molecule has 3 aliphatic carbocycles. The molecule has 0 radical (unpaired) electrons. The Balaban J connectivity index is 2.27. The fourth-order valence-electron chi connectivity index (χ4n) is 2.55. The molecule has 2 bridgehead atoms. The average Bonchev–Trinajstić information content (AvgIpc) is 2.05. The molecule has 2 atom stereocenters. The maximum absolute atomic E-state index is 3.23. The van der Waals surface area contributed by atoms with Gasteiger partial charge in [0.1, 0.15) is 0 Å². The SMILES string of the molecule is CC1(C)[C@H]2CC=C(C#CI)[C@@H]1C2. The minimum atomic E-state index is 0.532. The zero-order valence-corrected chi connectivity index (χ0v) is 9.68. The summed E-state index contributed by atoms with van der Waals surface area (Å²) < 4.78 is 2.98. The van der Waals surface area contributed by atoms with Gasteiger partial charge in [0.05, 0.1) is 0 Å². The van der Waals surface area contributed by atoms with Crippen molar-refractivity contribution >= 4 is 22.6 Å². The number of hydrogen-bond donors (Lipinski definition) is 0. The quantitative estimate of drug-likeness (QED) is 0.468. The van der Waals surface area contributed by atoms with E-state index < -0.39 is 0 Å². The van der Waals surface area contributed by atoms with Crippen molar-refractivity contribution < 1.29 is 0 Å². The molecule has 0 heterocycles. The van der Waals surface area contributed by atoms with Crippen molar-refractivity contribution in [3.05, 3.63) is 11.6 Å². The summed E-state index contributed by atoms with van der Waals surface area (Å²) in [7, 11) is 0. The summed E-state index contributed by atoms with van der Waals surface area (Å²) in [6.45, 7) is 4.77. The van der Waals surface area contributed by atoms with E-state index in [1.54, 1.807) is 0 Å². The number of fused-ring (bicyclic) bond motifs is 1. The highest BCUT2D eigenvalue weighted by Gasteiger charge is 2.50. The van der Waals surface area contributed by atoms with Crippen LogP contribution in [0.25, 0.3) is 0 Å². The molecule has 0 spiro atoms. The summed E-state index contributed by atoms with van der Waals surface area (Å²) in [5.41, 5.74) is 1.93. The van der Waals surface area contributed by atoms with Crippen LogP contribution in [0.1, 0.15) is 26.7 Å². The largest absolute Gasteiger partial charge is 0.0723 e. The molecular weight excluding hydrogens is 259 g/mol. The Hall–Kier alpha value is 0.0300. The van der Waals surface area contributed by atoms with Crippen LogP contribution in [-0.4, -0.2) is 0 Å². The molecule has 3 aliphatic rings. The molecule has 1 saturated carbocycles. The lowest BCUT2D eigenvalue weighted by Crippen LogP contribution is -2.47. The smallest absolute Gasteiger partial charge is 0.0185 e. The lowest BCUT2D eigenvalue weighted by Gasteiger charge is -2.55. The van der Waals surface area contributed by atoms with Crippen LogP contribution in [0.4, 0.5) is 0 Å². The second-order valence-electron chi connectivity index (χ2n) is 4.42. The minimum Gasteiger partial charge on any atom is -0.0723 e. The molecule has 0 amide bonds. The number of hydrogen-bond acceptors (Lipinski definition) is 0. The third kappa shape index (κ3) is 1.04. The van der Waals surface area contributed by atoms with E-state index in [4.69, 9.17) is 0 Å².